The van der Waals surface area contributed by atoms with Crippen molar-refractivity contribution >= 4 is 5.91 Å². The Morgan fingerprint density at radius 3 is 2.53 bits per heavy atom. The van der Waals surface area contributed by atoms with E-state index in [0.29, 0.717) is 45.2 Å². The Morgan fingerprint density at radius 2 is 2.06 bits per heavy atom. The van der Waals surface area contributed by atoms with Crippen LogP contribution in [0, 0.1) is 5.41 Å². The summed E-state index contributed by atoms with van der Waals surface area (Å²) in [7, 11) is 0. The Bertz CT molecular complexity index is 273. The van der Waals surface area contributed by atoms with E-state index in [2.05, 4.69) is 0 Å². The van der Waals surface area contributed by atoms with Gasteiger partial charge in [0.25, 0.3) is 0 Å². The Morgan fingerprint density at radius 1 is 1.41 bits per heavy atom. The number of ether oxygens (including phenoxy) is 1. The monoisotopic (exact) mass is 242 g/mol. The quantitative estimate of drug-likeness (QED) is 0.695. The Kier molecular flexibility index (Phi) is 4.01. The van der Waals surface area contributed by atoms with Crippen LogP contribution in [-0.4, -0.2) is 54.9 Å². The van der Waals surface area contributed by atoms with Crippen molar-refractivity contribution < 1.29 is 14.6 Å². The molecule has 1 heterocycles. The van der Waals surface area contributed by atoms with Crippen molar-refractivity contribution in [3.63, 3.8) is 0 Å². The summed E-state index contributed by atoms with van der Waals surface area (Å²) in [6.07, 6.45) is 3.53. The first-order chi connectivity index (χ1) is 8.23. The minimum atomic E-state index is -0.448. The third-order valence-electron chi connectivity index (χ3n) is 3.88. The highest BCUT2D eigenvalue weighted by atomic mass is 16.5. The van der Waals surface area contributed by atoms with E-state index in [4.69, 9.17) is 15.6 Å². The highest BCUT2D eigenvalue weighted by molar-refractivity contribution is 5.83. The molecule has 0 aromatic heterocycles. The van der Waals surface area contributed by atoms with E-state index in [1.54, 1.807) is 0 Å². The second kappa shape index (κ2) is 5.33. The summed E-state index contributed by atoms with van der Waals surface area (Å²) in [6.45, 7) is 2.07. The molecule has 3 N–H and O–H groups in total. The van der Waals surface area contributed by atoms with Gasteiger partial charge in [0.05, 0.1) is 12.0 Å². The van der Waals surface area contributed by atoms with Crippen LogP contribution in [0.2, 0.25) is 0 Å². The van der Waals surface area contributed by atoms with E-state index >= 15 is 0 Å². The molecule has 0 atom stereocenters. The summed E-state index contributed by atoms with van der Waals surface area (Å²) >= 11 is 0. The molecule has 0 unspecified atom stereocenters. The van der Waals surface area contributed by atoms with Crippen LogP contribution in [0.1, 0.15) is 25.7 Å². The van der Waals surface area contributed by atoms with Crippen molar-refractivity contribution in [2.75, 3.05) is 32.9 Å². The molecular formula is C12H22N2O3. The number of rotatable bonds is 5. The number of amides is 1. The number of nitrogens with two attached hydrogens (primary N) is 1. The lowest BCUT2D eigenvalue weighted by Crippen LogP contribution is -2.52. The number of carbonyl (C=O) groups is 1. The van der Waals surface area contributed by atoms with Gasteiger partial charge in [-0.15, -0.1) is 0 Å². The molecule has 2 aliphatic rings. The highest BCUT2D eigenvalue weighted by Gasteiger charge is 2.44. The lowest BCUT2D eigenvalue weighted by atomic mass is 9.78. The topological polar surface area (TPSA) is 75.8 Å². The third-order valence-corrected chi connectivity index (χ3v) is 3.88. The molecule has 1 amide bonds. The van der Waals surface area contributed by atoms with Crippen molar-refractivity contribution in [2.45, 2.75) is 31.7 Å². The molecule has 0 aromatic carbocycles. The molecule has 1 saturated carbocycles. The second-order valence-corrected chi connectivity index (χ2v) is 5.05. The van der Waals surface area contributed by atoms with Crippen LogP contribution in [0.15, 0.2) is 0 Å². The summed E-state index contributed by atoms with van der Waals surface area (Å²) in [5, 5.41) is 9.07. The van der Waals surface area contributed by atoms with Crippen LogP contribution < -0.4 is 5.73 Å². The highest BCUT2D eigenvalue weighted by Crippen LogP contribution is 2.36. The van der Waals surface area contributed by atoms with Gasteiger partial charge < -0.3 is 20.5 Å². The molecule has 2 rings (SSSR count). The van der Waals surface area contributed by atoms with Gasteiger partial charge >= 0.3 is 0 Å². The van der Waals surface area contributed by atoms with E-state index in [-0.39, 0.29) is 12.5 Å². The number of hydrogen-bond donors (Lipinski definition) is 2. The van der Waals surface area contributed by atoms with Crippen LogP contribution in [0.25, 0.3) is 0 Å². The van der Waals surface area contributed by atoms with Gasteiger partial charge in [-0.3, -0.25) is 4.79 Å². The fraction of sp³-hybridized carbons (Fsp3) is 0.917. The molecule has 0 spiro atoms. The summed E-state index contributed by atoms with van der Waals surface area (Å²) in [5.41, 5.74) is 5.38. The largest absolute Gasteiger partial charge is 0.395 e. The van der Waals surface area contributed by atoms with E-state index in [1.807, 2.05) is 4.90 Å². The van der Waals surface area contributed by atoms with Gasteiger partial charge in [0, 0.05) is 32.3 Å². The van der Waals surface area contributed by atoms with Gasteiger partial charge in [-0.05, 0) is 25.7 Å². The van der Waals surface area contributed by atoms with E-state index in [9.17, 15) is 4.79 Å². The first kappa shape index (κ1) is 12.8. The molecule has 0 radical (unpaired) electrons. The molecule has 2 fully saturated rings. The number of aliphatic hydroxyl groups is 1. The maximum Gasteiger partial charge on any atom is 0.230 e. The smallest absolute Gasteiger partial charge is 0.230 e. The number of carbonyl (C=O) groups excluding carboxylic acids is 1. The molecule has 1 saturated heterocycles. The van der Waals surface area contributed by atoms with E-state index in [0.717, 1.165) is 12.8 Å². The predicted octanol–water partition coefficient (Wildman–Crippen LogP) is -0.275. The maximum absolute atomic E-state index is 12.6. The van der Waals surface area contributed by atoms with Crippen molar-refractivity contribution in [1.82, 2.24) is 4.90 Å². The van der Waals surface area contributed by atoms with Crippen LogP contribution in [0.4, 0.5) is 0 Å². The third kappa shape index (κ3) is 2.61. The summed E-state index contributed by atoms with van der Waals surface area (Å²) in [5.74, 6) is 0.125. The normalized spacial score (nSPS) is 23.4. The van der Waals surface area contributed by atoms with Gasteiger partial charge in [0.15, 0.2) is 0 Å². The molecule has 17 heavy (non-hydrogen) atoms. The van der Waals surface area contributed by atoms with E-state index < -0.39 is 5.41 Å². The summed E-state index contributed by atoms with van der Waals surface area (Å²) < 4.78 is 5.32. The molecule has 1 aliphatic carbocycles. The van der Waals surface area contributed by atoms with Crippen molar-refractivity contribution in [2.24, 2.45) is 11.1 Å². The summed E-state index contributed by atoms with van der Waals surface area (Å²) in [6, 6.07) is 0.334. The minimum absolute atomic E-state index is 0.0272. The fourth-order valence-corrected chi connectivity index (χ4v) is 2.52. The van der Waals surface area contributed by atoms with Crippen LogP contribution in [-0.2, 0) is 9.53 Å². The Labute approximate surface area is 102 Å². The van der Waals surface area contributed by atoms with Gasteiger partial charge in [0.1, 0.15) is 0 Å². The molecule has 1 aliphatic heterocycles. The van der Waals surface area contributed by atoms with Crippen molar-refractivity contribution in [3.05, 3.63) is 0 Å². The SMILES string of the molecule is NCC1(C(=O)N(CCO)C2CC2)CCOCC1. The Hall–Kier alpha value is -0.650. The molecule has 0 aromatic rings. The van der Waals surface area contributed by atoms with Gasteiger partial charge in [-0.2, -0.15) is 0 Å². The summed E-state index contributed by atoms with van der Waals surface area (Å²) in [4.78, 5) is 14.4. The number of aliphatic hydroxyl groups excluding tert-OH is 1. The maximum atomic E-state index is 12.6. The minimum Gasteiger partial charge on any atom is -0.395 e. The first-order valence-corrected chi connectivity index (χ1v) is 6.43. The average Bonchev–Trinajstić information content (AvgIpc) is 3.20. The van der Waals surface area contributed by atoms with Crippen LogP contribution in [0.3, 0.4) is 0 Å². The van der Waals surface area contributed by atoms with Crippen molar-refractivity contribution in [1.29, 1.82) is 0 Å². The molecule has 0 bridgehead atoms. The number of nitrogens with zero attached hydrogens (tertiary/aromatic N) is 1. The van der Waals surface area contributed by atoms with E-state index in [1.165, 1.54) is 0 Å². The van der Waals surface area contributed by atoms with Gasteiger partial charge in [-0.25, -0.2) is 0 Å². The lowest BCUT2D eigenvalue weighted by molar-refractivity contribution is -0.148. The average molecular weight is 242 g/mol. The molecule has 98 valence electrons. The van der Waals surface area contributed by atoms with Gasteiger partial charge in [0.2, 0.25) is 5.91 Å². The zero-order chi connectivity index (χ0) is 12.3. The molecule has 5 heteroatoms. The van der Waals surface area contributed by atoms with Gasteiger partial charge in [-0.1, -0.05) is 0 Å². The first-order valence-electron chi connectivity index (χ1n) is 6.43. The predicted molar refractivity (Wildman–Crippen MR) is 63.4 cm³/mol. The Balaban J connectivity index is 2.08. The lowest BCUT2D eigenvalue weighted by Gasteiger charge is -2.39. The van der Waals surface area contributed by atoms with Crippen LogP contribution >= 0.6 is 0 Å². The zero-order valence-corrected chi connectivity index (χ0v) is 10.2. The number of hydrogen-bond acceptors (Lipinski definition) is 4. The van der Waals surface area contributed by atoms with Crippen molar-refractivity contribution in [3.8, 4) is 0 Å². The second-order valence-electron chi connectivity index (χ2n) is 5.05. The molecule has 5 nitrogen and oxygen atoms in total. The fourth-order valence-electron chi connectivity index (χ4n) is 2.52. The molecular weight excluding hydrogens is 220 g/mol. The standard InChI is InChI=1S/C12H22N2O3/c13-9-12(3-7-17-8-4-12)11(16)14(5-6-15)10-1-2-10/h10,15H,1-9,13H2. The zero-order valence-electron chi connectivity index (χ0n) is 10.2. The van der Waals surface area contributed by atoms with Crippen LogP contribution in [0.5, 0.6) is 0 Å².